The van der Waals surface area contributed by atoms with Crippen molar-refractivity contribution >= 4 is 21.8 Å². The third kappa shape index (κ3) is 3.57. The number of benzene rings is 1. The summed E-state index contributed by atoms with van der Waals surface area (Å²) in [6.45, 7) is 5.06. The normalized spacial score (nSPS) is 21.2. The Hall–Kier alpha value is -0.870. The molecule has 104 valence electrons. The van der Waals surface area contributed by atoms with Gasteiger partial charge in [0.1, 0.15) is 0 Å². The summed E-state index contributed by atoms with van der Waals surface area (Å²) >= 11 is 3.40. The first kappa shape index (κ1) is 14.5. The van der Waals surface area contributed by atoms with Gasteiger partial charge in [-0.25, -0.2) is 0 Å². The highest BCUT2D eigenvalue weighted by Gasteiger charge is 2.26. The van der Waals surface area contributed by atoms with Crippen LogP contribution in [0, 0.1) is 0 Å². The van der Waals surface area contributed by atoms with Gasteiger partial charge in [-0.15, -0.1) is 0 Å². The second-order valence-electron chi connectivity index (χ2n) is 5.18. The minimum Gasteiger partial charge on any atom is -0.334 e. The predicted octanol–water partition coefficient (Wildman–Crippen LogP) is 3.01. The fourth-order valence-electron chi connectivity index (χ4n) is 2.62. The van der Waals surface area contributed by atoms with E-state index in [4.69, 9.17) is 0 Å². The molecule has 0 saturated carbocycles. The molecule has 0 aromatic heterocycles. The van der Waals surface area contributed by atoms with Gasteiger partial charge in [-0.3, -0.25) is 4.79 Å². The minimum atomic E-state index is 0.162. The summed E-state index contributed by atoms with van der Waals surface area (Å²) in [5.74, 6) is 0.162. The van der Waals surface area contributed by atoms with Gasteiger partial charge in [-0.2, -0.15) is 0 Å². The topological polar surface area (TPSA) is 23.6 Å². The molecule has 1 amide bonds. The van der Waals surface area contributed by atoms with Gasteiger partial charge in [-0.1, -0.05) is 22.9 Å². The third-order valence-corrected chi connectivity index (χ3v) is 4.25. The van der Waals surface area contributed by atoms with Crippen LogP contribution in [0.1, 0.15) is 30.1 Å². The molecule has 0 aliphatic carbocycles. The van der Waals surface area contributed by atoms with Gasteiger partial charge in [0.15, 0.2) is 0 Å². The molecule has 0 radical (unpaired) electrons. The van der Waals surface area contributed by atoms with Gasteiger partial charge in [0.05, 0.1) is 0 Å². The Bertz CT molecular complexity index is 432. The van der Waals surface area contributed by atoms with E-state index in [1.165, 1.54) is 0 Å². The molecule has 1 saturated heterocycles. The van der Waals surface area contributed by atoms with E-state index in [1.807, 2.05) is 29.2 Å². The molecular formula is C15H21BrN2O. The van der Waals surface area contributed by atoms with Crippen molar-refractivity contribution < 1.29 is 4.79 Å². The van der Waals surface area contributed by atoms with Gasteiger partial charge in [-0.05, 0) is 50.7 Å². The van der Waals surface area contributed by atoms with E-state index in [0.29, 0.717) is 6.04 Å². The molecule has 1 aliphatic heterocycles. The molecule has 4 heteroatoms. The summed E-state index contributed by atoms with van der Waals surface area (Å²) in [5.41, 5.74) is 0.784. The second kappa shape index (κ2) is 6.53. The number of carbonyl (C=O) groups is 1. The van der Waals surface area contributed by atoms with Crippen molar-refractivity contribution in [2.75, 3.05) is 26.7 Å². The Morgan fingerprint density at radius 2 is 2.00 bits per heavy atom. The van der Waals surface area contributed by atoms with Crippen LogP contribution in [0.2, 0.25) is 0 Å². The highest BCUT2D eigenvalue weighted by molar-refractivity contribution is 9.10. The molecule has 2 rings (SSSR count). The molecule has 0 N–H and O–H groups in total. The summed E-state index contributed by atoms with van der Waals surface area (Å²) in [6, 6.07) is 7.97. The first-order valence-electron chi connectivity index (χ1n) is 6.87. The zero-order chi connectivity index (χ0) is 13.8. The summed E-state index contributed by atoms with van der Waals surface area (Å²) in [4.78, 5) is 17.0. The summed E-state index contributed by atoms with van der Waals surface area (Å²) in [5, 5.41) is 0. The van der Waals surface area contributed by atoms with Gasteiger partial charge >= 0.3 is 0 Å². The molecule has 1 aromatic rings. The lowest BCUT2D eigenvalue weighted by Crippen LogP contribution is -2.43. The van der Waals surface area contributed by atoms with Crippen LogP contribution in [-0.2, 0) is 0 Å². The molecule has 19 heavy (non-hydrogen) atoms. The van der Waals surface area contributed by atoms with Crippen molar-refractivity contribution in [1.29, 1.82) is 0 Å². The Balaban J connectivity index is 2.17. The molecule has 1 heterocycles. The average Bonchev–Trinajstić information content (AvgIpc) is 2.60. The number of nitrogens with zero attached hydrogens (tertiary/aromatic N) is 2. The molecule has 1 fully saturated rings. The van der Waals surface area contributed by atoms with Crippen molar-refractivity contribution in [3.05, 3.63) is 34.3 Å². The maximum Gasteiger partial charge on any atom is 0.254 e. The van der Waals surface area contributed by atoms with Crippen LogP contribution in [0.4, 0.5) is 0 Å². The molecule has 0 spiro atoms. The summed E-state index contributed by atoms with van der Waals surface area (Å²) in [6.07, 6.45) is 2.06. The Morgan fingerprint density at radius 1 is 1.32 bits per heavy atom. The van der Waals surface area contributed by atoms with Gasteiger partial charge in [0, 0.05) is 29.2 Å². The predicted molar refractivity (Wildman–Crippen MR) is 81.4 cm³/mol. The van der Waals surface area contributed by atoms with Crippen molar-refractivity contribution in [3.8, 4) is 0 Å². The van der Waals surface area contributed by atoms with Crippen LogP contribution in [-0.4, -0.2) is 48.4 Å². The first-order valence-corrected chi connectivity index (χ1v) is 7.66. The quantitative estimate of drug-likeness (QED) is 0.834. The lowest BCUT2D eigenvalue weighted by Gasteiger charge is -2.30. The lowest BCUT2D eigenvalue weighted by molar-refractivity contribution is 0.0675. The molecule has 1 unspecified atom stereocenters. The van der Waals surface area contributed by atoms with Gasteiger partial charge < -0.3 is 9.80 Å². The highest BCUT2D eigenvalue weighted by atomic mass is 79.9. The number of halogens is 1. The van der Waals surface area contributed by atoms with E-state index < -0.39 is 0 Å². The SMILES string of the molecule is CCC1CN(C)CCCN1C(=O)c1ccc(Br)cc1. The number of hydrogen-bond donors (Lipinski definition) is 0. The number of rotatable bonds is 2. The fraction of sp³-hybridized carbons (Fsp3) is 0.533. The summed E-state index contributed by atoms with van der Waals surface area (Å²) in [7, 11) is 2.14. The number of hydrogen-bond acceptors (Lipinski definition) is 2. The minimum absolute atomic E-state index is 0.162. The zero-order valence-electron chi connectivity index (χ0n) is 11.6. The van der Waals surface area contributed by atoms with E-state index >= 15 is 0 Å². The van der Waals surface area contributed by atoms with Crippen molar-refractivity contribution in [3.63, 3.8) is 0 Å². The van der Waals surface area contributed by atoms with Crippen LogP contribution in [0.5, 0.6) is 0 Å². The Morgan fingerprint density at radius 3 is 2.63 bits per heavy atom. The molecule has 1 aromatic carbocycles. The third-order valence-electron chi connectivity index (χ3n) is 3.73. The lowest BCUT2D eigenvalue weighted by atomic mass is 10.1. The highest BCUT2D eigenvalue weighted by Crippen LogP contribution is 2.17. The second-order valence-corrected chi connectivity index (χ2v) is 6.10. The number of likely N-dealkylation sites (N-methyl/N-ethyl adjacent to an activating group) is 1. The maximum atomic E-state index is 12.6. The van der Waals surface area contributed by atoms with Crippen LogP contribution in [0.15, 0.2) is 28.7 Å². The monoisotopic (exact) mass is 324 g/mol. The van der Waals surface area contributed by atoms with Crippen LogP contribution in [0.3, 0.4) is 0 Å². The van der Waals surface area contributed by atoms with Crippen molar-refractivity contribution in [2.24, 2.45) is 0 Å². The largest absolute Gasteiger partial charge is 0.334 e. The Labute approximate surface area is 123 Å². The van der Waals surface area contributed by atoms with Crippen LogP contribution < -0.4 is 0 Å². The maximum absolute atomic E-state index is 12.6. The van der Waals surface area contributed by atoms with Gasteiger partial charge in [0.25, 0.3) is 5.91 Å². The Kier molecular flexibility index (Phi) is 4.99. The van der Waals surface area contributed by atoms with E-state index in [0.717, 1.165) is 42.5 Å². The van der Waals surface area contributed by atoms with Crippen molar-refractivity contribution in [1.82, 2.24) is 9.80 Å². The zero-order valence-corrected chi connectivity index (χ0v) is 13.2. The molecule has 3 nitrogen and oxygen atoms in total. The smallest absolute Gasteiger partial charge is 0.254 e. The van der Waals surface area contributed by atoms with Crippen molar-refractivity contribution in [2.45, 2.75) is 25.8 Å². The number of amides is 1. The van der Waals surface area contributed by atoms with E-state index in [2.05, 4.69) is 34.8 Å². The van der Waals surface area contributed by atoms with E-state index in [1.54, 1.807) is 0 Å². The van der Waals surface area contributed by atoms with E-state index in [9.17, 15) is 4.79 Å². The molecule has 0 bridgehead atoms. The molecular weight excluding hydrogens is 304 g/mol. The van der Waals surface area contributed by atoms with Crippen LogP contribution >= 0.6 is 15.9 Å². The molecule has 1 aliphatic rings. The molecule has 1 atom stereocenters. The van der Waals surface area contributed by atoms with Crippen LogP contribution in [0.25, 0.3) is 0 Å². The standard InChI is InChI=1S/C15H21BrN2O/c1-3-14-11-17(2)9-4-10-18(14)15(19)12-5-7-13(16)8-6-12/h5-8,14H,3-4,9-11H2,1-2H3. The summed E-state index contributed by atoms with van der Waals surface area (Å²) < 4.78 is 1.01. The van der Waals surface area contributed by atoms with E-state index in [-0.39, 0.29) is 5.91 Å². The first-order chi connectivity index (χ1) is 9.11. The number of carbonyl (C=O) groups excluding carboxylic acids is 1. The van der Waals surface area contributed by atoms with Gasteiger partial charge in [0.2, 0.25) is 0 Å². The fourth-order valence-corrected chi connectivity index (χ4v) is 2.88. The average molecular weight is 325 g/mol.